The second-order valence-corrected chi connectivity index (χ2v) is 9.07. The molecule has 2 N–H and O–H groups in total. The van der Waals surface area contributed by atoms with E-state index in [2.05, 4.69) is 4.90 Å². The van der Waals surface area contributed by atoms with Crippen molar-refractivity contribution in [3.63, 3.8) is 0 Å². The Morgan fingerprint density at radius 1 is 1.06 bits per heavy atom. The number of hydrogen-bond acceptors (Lipinski definition) is 4. The molecule has 3 rings (SSSR count). The van der Waals surface area contributed by atoms with E-state index in [0.29, 0.717) is 42.6 Å². The van der Waals surface area contributed by atoms with E-state index in [4.69, 9.17) is 28.9 Å². The number of piperazine rings is 1. The van der Waals surface area contributed by atoms with Gasteiger partial charge in [0, 0.05) is 48.8 Å². The van der Waals surface area contributed by atoms with Crippen LogP contribution in [0.4, 0.5) is 0 Å². The quantitative estimate of drug-likeness (QED) is 0.554. The van der Waals surface area contributed by atoms with E-state index >= 15 is 0 Å². The number of rotatable bonds is 10. The summed E-state index contributed by atoms with van der Waals surface area (Å²) in [7, 11) is 0. The maximum Gasteiger partial charge on any atom is 0.231 e. The lowest BCUT2D eigenvalue weighted by Gasteiger charge is -2.41. The van der Waals surface area contributed by atoms with E-state index in [1.807, 2.05) is 65.3 Å². The number of nitrogens with zero attached hydrogens (tertiary/aromatic N) is 3. The molecule has 33 heavy (non-hydrogen) atoms. The van der Waals surface area contributed by atoms with Crippen LogP contribution in [0.25, 0.3) is 0 Å². The predicted octanol–water partition coefficient (Wildman–Crippen LogP) is 3.43. The smallest absolute Gasteiger partial charge is 0.231 e. The first kappa shape index (κ1) is 25.5. The number of amides is 2. The molecule has 0 spiro atoms. The summed E-state index contributed by atoms with van der Waals surface area (Å²) in [5.41, 5.74) is 7.53. The Morgan fingerprint density at radius 3 is 2.33 bits per heavy atom. The number of benzene rings is 2. The molecule has 0 saturated carbocycles. The summed E-state index contributed by atoms with van der Waals surface area (Å²) < 4.78 is 0. The molecule has 1 aliphatic heterocycles. The normalized spacial score (nSPS) is 15.6. The first-order chi connectivity index (χ1) is 15.9. The van der Waals surface area contributed by atoms with Gasteiger partial charge in [-0.1, -0.05) is 60.5 Å². The molecule has 6 nitrogen and oxygen atoms in total. The summed E-state index contributed by atoms with van der Waals surface area (Å²) in [4.78, 5) is 30.5. The third-order valence-electron chi connectivity index (χ3n) is 6.01. The molecule has 1 saturated heterocycles. The maximum absolute atomic E-state index is 12.7. The zero-order valence-corrected chi connectivity index (χ0v) is 20.4. The van der Waals surface area contributed by atoms with Crippen LogP contribution in [0.1, 0.15) is 24.1 Å². The molecule has 0 bridgehead atoms. The largest absolute Gasteiger partial charge is 0.369 e. The third kappa shape index (κ3) is 7.44. The highest BCUT2D eigenvalue weighted by Gasteiger charge is 2.29. The standard InChI is InChI=1S/C25H31Cl2N4O2/c1-2-29(18-24(28)32)17-23(21-5-3-4-6-22(21)27)30-13-15-31(16-14-30)25(33)12-9-19-7-10-20(26)11-8-19/h3-8,10-12,23H,2,9,13-18H2,1H3,(H2,28,32). The lowest BCUT2D eigenvalue weighted by atomic mass is 10.0. The Morgan fingerprint density at radius 2 is 1.73 bits per heavy atom. The first-order valence-electron chi connectivity index (χ1n) is 11.2. The van der Waals surface area contributed by atoms with E-state index in [1.54, 1.807) is 6.42 Å². The fourth-order valence-corrected chi connectivity index (χ4v) is 4.52. The minimum Gasteiger partial charge on any atom is -0.369 e. The van der Waals surface area contributed by atoms with Gasteiger partial charge in [-0.15, -0.1) is 0 Å². The van der Waals surface area contributed by atoms with Gasteiger partial charge in [0.1, 0.15) is 0 Å². The van der Waals surface area contributed by atoms with Gasteiger partial charge in [-0.05, 0) is 42.3 Å². The molecule has 1 atom stereocenters. The van der Waals surface area contributed by atoms with E-state index in [-0.39, 0.29) is 24.4 Å². The van der Waals surface area contributed by atoms with Gasteiger partial charge in [0.05, 0.1) is 13.0 Å². The first-order valence-corrected chi connectivity index (χ1v) is 12.0. The van der Waals surface area contributed by atoms with Crippen LogP contribution in [0.5, 0.6) is 0 Å². The van der Waals surface area contributed by atoms with Crippen molar-refractivity contribution in [2.24, 2.45) is 5.73 Å². The van der Waals surface area contributed by atoms with Crippen LogP contribution < -0.4 is 5.73 Å². The van der Waals surface area contributed by atoms with Crippen molar-refractivity contribution in [2.75, 3.05) is 45.8 Å². The van der Waals surface area contributed by atoms with Crippen molar-refractivity contribution >= 4 is 35.0 Å². The predicted molar refractivity (Wildman–Crippen MR) is 133 cm³/mol. The number of hydrogen-bond donors (Lipinski definition) is 1. The molecule has 177 valence electrons. The SMILES string of the molecule is CCN(CC(N)=O)CC(c1ccccc1Cl)N1CCN(C(=O)[CH]Cc2ccc(Cl)cc2)CC1. The molecular formula is C25H31Cl2N4O2. The van der Waals surface area contributed by atoms with Gasteiger partial charge in [-0.25, -0.2) is 0 Å². The molecule has 1 radical (unpaired) electrons. The van der Waals surface area contributed by atoms with Gasteiger partial charge in [-0.3, -0.25) is 19.4 Å². The average molecular weight is 490 g/mol. The van der Waals surface area contributed by atoms with Crippen molar-refractivity contribution in [2.45, 2.75) is 19.4 Å². The molecule has 1 fully saturated rings. The van der Waals surface area contributed by atoms with Gasteiger partial charge in [-0.2, -0.15) is 0 Å². The van der Waals surface area contributed by atoms with Crippen molar-refractivity contribution < 1.29 is 9.59 Å². The lowest BCUT2D eigenvalue weighted by molar-refractivity contribution is -0.130. The number of primary amides is 1. The zero-order chi connectivity index (χ0) is 23.8. The number of nitrogens with two attached hydrogens (primary N) is 1. The molecule has 1 aliphatic rings. The number of likely N-dealkylation sites (N-methyl/N-ethyl adjacent to an activating group) is 1. The number of halogens is 2. The van der Waals surface area contributed by atoms with Gasteiger partial charge < -0.3 is 10.6 Å². The van der Waals surface area contributed by atoms with Gasteiger partial charge in [0.2, 0.25) is 11.8 Å². The topological polar surface area (TPSA) is 69.9 Å². The number of carbonyl (C=O) groups excluding carboxylic acids is 2. The highest BCUT2D eigenvalue weighted by molar-refractivity contribution is 6.31. The van der Waals surface area contributed by atoms with E-state index in [1.165, 1.54) is 0 Å². The minimum atomic E-state index is -0.346. The molecule has 1 heterocycles. The maximum atomic E-state index is 12.7. The molecule has 0 aromatic heterocycles. The second-order valence-electron chi connectivity index (χ2n) is 8.23. The average Bonchev–Trinajstić information content (AvgIpc) is 2.81. The van der Waals surface area contributed by atoms with Crippen molar-refractivity contribution in [3.05, 3.63) is 76.1 Å². The van der Waals surface area contributed by atoms with Crippen LogP contribution in [-0.4, -0.2) is 72.3 Å². The molecular weight excluding hydrogens is 459 g/mol. The number of carbonyl (C=O) groups is 2. The molecule has 2 amide bonds. The Balaban J connectivity index is 1.62. The molecule has 2 aromatic carbocycles. The van der Waals surface area contributed by atoms with Crippen molar-refractivity contribution in [1.82, 2.24) is 14.7 Å². The molecule has 2 aromatic rings. The van der Waals surface area contributed by atoms with Crippen molar-refractivity contribution in [3.8, 4) is 0 Å². The Bertz CT molecular complexity index is 930. The summed E-state index contributed by atoms with van der Waals surface area (Å²) in [6, 6.07) is 15.4. The van der Waals surface area contributed by atoms with Crippen LogP contribution in [0.3, 0.4) is 0 Å². The van der Waals surface area contributed by atoms with Gasteiger partial charge >= 0.3 is 0 Å². The van der Waals surface area contributed by atoms with E-state index in [0.717, 1.165) is 24.2 Å². The summed E-state index contributed by atoms with van der Waals surface area (Å²) in [5, 5.41) is 1.39. The van der Waals surface area contributed by atoms with Crippen LogP contribution in [0.2, 0.25) is 10.0 Å². The Kier molecular flexibility index (Phi) is 9.56. The minimum absolute atomic E-state index is 0.00768. The van der Waals surface area contributed by atoms with Crippen molar-refractivity contribution in [1.29, 1.82) is 0 Å². The molecule has 8 heteroatoms. The molecule has 0 aliphatic carbocycles. The lowest BCUT2D eigenvalue weighted by Crippen LogP contribution is -2.52. The molecule has 1 unspecified atom stereocenters. The summed E-state index contributed by atoms with van der Waals surface area (Å²) in [6.45, 7) is 6.30. The Labute approximate surface area is 206 Å². The monoisotopic (exact) mass is 489 g/mol. The van der Waals surface area contributed by atoms with Gasteiger partial charge in [0.15, 0.2) is 0 Å². The van der Waals surface area contributed by atoms with Crippen LogP contribution in [-0.2, 0) is 16.0 Å². The van der Waals surface area contributed by atoms with Gasteiger partial charge in [0.25, 0.3) is 0 Å². The second kappa shape index (κ2) is 12.4. The van der Waals surface area contributed by atoms with Crippen LogP contribution >= 0.6 is 23.2 Å². The summed E-state index contributed by atoms with van der Waals surface area (Å²) >= 11 is 12.5. The summed E-state index contributed by atoms with van der Waals surface area (Å²) in [5.74, 6) is -0.302. The summed E-state index contributed by atoms with van der Waals surface area (Å²) in [6.07, 6.45) is 2.31. The highest BCUT2D eigenvalue weighted by Crippen LogP contribution is 2.29. The van der Waals surface area contributed by atoms with E-state index < -0.39 is 0 Å². The van der Waals surface area contributed by atoms with E-state index in [9.17, 15) is 9.59 Å². The highest BCUT2D eigenvalue weighted by atomic mass is 35.5. The third-order valence-corrected chi connectivity index (χ3v) is 6.61. The Hall–Kier alpha value is -2.12. The van der Waals surface area contributed by atoms with Crippen LogP contribution in [0, 0.1) is 6.42 Å². The fourth-order valence-electron chi connectivity index (χ4n) is 4.13. The van der Waals surface area contributed by atoms with Crippen LogP contribution in [0.15, 0.2) is 48.5 Å². The zero-order valence-electron chi connectivity index (χ0n) is 18.9. The fraction of sp³-hybridized carbons (Fsp3) is 0.400.